The minimum Gasteiger partial charge on any atom is -0.378 e. The summed E-state index contributed by atoms with van der Waals surface area (Å²) in [4.78, 5) is 24.3. The van der Waals surface area contributed by atoms with Gasteiger partial charge in [0.1, 0.15) is 11.6 Å². The van der Waals surface area contributed by atoms with Crippen molar-refractivity contribution in [2.75, 3.05) is 37.7 Å². The van der Waals surface area contributed by atoms with E-state index in [0.29, 0.717) is 54.8 Å². The summed E-state index contributed by atoms with van der Waals surface area (Å²) in [5.41, 5.74) is 2.57. The van der Waals surface area contributed by atoms with Crippen molar-refractivity contribution in [3.05, 3.63) is 65.1 Å². The second-order valence-electron chi connectivity index (χ2n) is 7.46. The molecule has 0 saturated carbocycles. The van der Waals surface area contributed by atoms with Crippen molar-refractivity contribution < 1.29 is 22.7 Å². The number of carbonyl (C=O) groups is 1. The molecule has 8 nitrogen and oxygen atoms in total. The summed E-state index contributed by atoms with van der Waals surface area (Å²) in [6.45, 7) is 3.03. The van der Waals surface area contributed by atoms with Crippen molar-refractivity contribution in [1.82, 2.24) is 14.7 Å². The van der Waals surface area contributed by atoms with E-state index < -0.39 is 17.1 Å². The van der Waals surface area contributed by atoms with E-state index in [0.717, 1.165) is 18.9 Å². The number of ether oxygens (including phenoxy) is 1. The normalized spacial score (nSPS) is 15.1. The van der Waals surface area contributed by atoms with Crippen molar-refractivity contribution in [2.24, 2.45) is 0 Å². The first-order chi connectivity index (χ1) is 15.5. The molecule has 1 unspecified atom stereocenters. The van der Waals surface area contributed by atoms with Gasteiger partial charge >= 0.3 is 0 Å². The summed E-state index contributed by atoms with van der Waals surface area (Å²) in [5.74, 6) is -0.0728. The number of morpholine rings is 1. The number of ketones is 1. The van der Waals surface area contributed by atoms with Crippen LogP contribution in [0.4, 0.5) is 10.2 Å². The minimum absolute atomic E-state index is 0.246. The number of fused-ring (bicyclic) bond motifs is 1. The lowest BCUT2D eigenvalue weighted by molar-refractivity contribution is 0.103. The molecule has 1 saturated heterocycles. The molecular formula is C22H23FN4O4S. The molecule has 2 heterocycles. The fourth-order valence-corrected chi connectivity index (χ4v) is 3.95. The average molecular weight is 459 g/mol. The van der Waals surface area contributed by atoms with Gasteiger partial charge in [-0.05, 0) is 54.8 Å². The van der Waals surface area contributed by atoms with Crippen LogP contribution >= 0.6 is 0 Å². The molecule has 1 aliphatic rings. The van der Waals surface area contributed by atoms with Crippen LogP contribution in [-0.2, 0) is 22.4 Å². The van der Waals surface area contributed by atoms with E-state index in [1.807, 2.05) is 0 Å². The lowest BCUT2D eigenvalue weighted by Crippen LogP contribution is -2.36. The summed E-state index contributed by atoms with van der Waals surface area (Å²) in [6.07, 6.45) is 2.71. The molecule has 0 bridgehead atoms. The molecule has 32 heavy (non-hydrogen) atoms. The van der Waals surface area contributed by atoms with Crippen LogP contribution in [-0.4, -0.2) is 57.4 Å². The second-order valence-corrected chi connectivity index (χ2v) is 8.24. The fraction of sp³-hybridized carbons (Fsp3) is 0.318. The van der Waals surface area contributed by atoms with E-state index in [-0.39, 0.29) is 11.3 Å². The number of aryl methyl sites for hydroxylation is 1. The Kier molecular flexibility index (Phi) is 7.15. The van der Waals surface area contributed by atoms with E-state index in [9.17, 15) is 13.4 Å². The summed E-state index contributed by atoms with van der Waals surface area (Å²) in [5, 5.41) is 0. The van der Waals surface area contributed by atoms with Crippen molar-refractivity contribution in [3.63, 3.8) is 0 Å². The molecule has 4 rings (SSSR count). The van der Waals surface area contributed by atoms with Gasteiger partial charge in [0, 0.05) is 30.8 Å². The Morgan fingerprint density at radius 1 is 1.16 bits per heavy atom. The van der Waals surface area contributed by atoms with Gasteiger partial charge in [-0.3, -0.25) is 14.3 Å². The van der Waals surface area contributed by atoms with Crippen LogP contribution in [0.2, 0.25) is 0 Å². The lowest BCUT2D eigenvalue weighted by atomic mass is 9.99. The molecule has 3 aromatic rings. The van der Waals surface area contributed by atoms with Crippen LogP contribution < -0.4 is 9.62 Å². The molecule has 0 spiro atoms. The fourth-order valence-electron chi connectivity index (χ4n) is 3.63. The predicted molar refractivity (Wildman–Crippen MR) is 119 cm³/mol. The van der Waals surface area contributed by atoms with E-state index in [1.54, 1.807) is 30.5 Å². The average Bonchev–Trinajstić information content (AvgIpc) is 2.81. The van der Waals surface area contributed by atoms with Gasteiger partial charge in [0.15, 0.2) is 5.78 Å². The molecule has 0 radical (unpaired) electrons. The summed E-state index contributed by atoms with van der Waals surface area (Å²) in [7, 11) is 0. The van der Waals surface area contributed by atoms with Gasteiger partial charge < -0.3 is 9.64 Å². The van der Waals surface area contributed by atoms with Crippen molar-refractivity contribution in [1.29, 1.82) is 0 Å². The smallest absolute Gasteiger partial charge is 0.231 e. The molecule has 1 aliphatic heterocycles. The maximum Gasteiger partial charge on any atom is 0.231 e. The van der Waals surface area contributed by atoms with Gasteiger partial charge in [-0.25, -0.2) is 18.3 Å². The Balaban J connectivity index is 1.55. The minimum atomic E-state index is -2.08. The molecule has 2 aromatic carbocycles. The van der Waals surface area contributed by atoms with Crippen LogP contribution in [0.3, 0.4) is 0 Å². The number of nitrogens with one attached hydrogen (secondary N) is 1. The molecule has 1 aromatic heterocycles. The zero-order valence-electron chi connectivity index (χ0n) is 17.3. The Hall–Kier alpha value is -2.79. The highest BCUT2D eigenvalue weighted by Crippen LogP contribution is 2.21. The van der Waals surface area contributed by atoms with Crippen LogP contribution in [0.25, 0.3) is 11.0 Å². The lowest BCUT2D eigenvalue weighted by Gasteiger charge is -2.27. The zero-order chi connectivity index (χ0) is 22.5. The summed E-state index contributed by atoms with van der Waals surface area (Å²) < 4.78 is 41.3. The highest BCUT2D eigenvalue weighted by molar-refractivity contribution is 7.77. The van der Waals surface area contributed by atoms with Crippen LogP contribution in [0.15, 0.2) is 42.6 Å². The third-order valence-electron chi connectivity index (χ3n) is 5.21. The van der Waals surface area contributed by atoms with Crippen molar-refractivity contribution in [3.8, 4) is 0 Å². The number of nitrogens with zero attached hydrogens (tertiary/aromatic N) is 3. The topological polar surface area (TPSA) is 105 Å². The number of rotatable bonds is 8. The number of hydrogen-bond donors (Lipinski definition) is 2. The Bertz CT molecular complexity index is 1150. The first kappa shape index (κ1) is 22.4. The highest BCUT2D eigenvalue weighted by Gasteiger charge is 2.16. The quantitative estimate of drug-likeness (QED) is 0.304. The molecule has 1 atom stereocenters. The monoisotopic (exact) mass is 458 g/mol. The molecule has 0 amide bonds. The zero-order valence-corrected chi connectivity index (χ0v) is 18.1. The summed E-state index contributed by atoms with van der Waals surface area (Å²) in [6, 6.07) is 9.32. The molecule has 2 N–H and O–H groups in total. The van der Waals surface area contributed by atoms with Crippen LogP contribution in [0.1, 0.15) is 27.9 Å². The molecule has 0 aliphatic carbocycles. The van der Waals surface area contributed by atoms with Gasteiger partial charge in [-0.15, -0.1) is 0 Å². The molecule has 168 valence electrons. The number of benzene rings is 2. The maximum absolute atomic E-state index is 14.2. The van der Waals surface area contributed by atoms with E-state index >= 15 is 0 Å². The van der Waals surface area contributed by atoms with Crippen LogP contribution in [0.5, 0.6) is 0 Å². The van der Waals surface area contributed by atoms with Crippen molar-refractivity contribution >= 4 is 33.9 Å². The van der Waals surface area contributed by atoms with Crippen LogP contribution in [0, 0.1) is 5.82 Å². The van der Waals surface area contributed by atoms with Crippen molar-refractivity contribution in [2.45, 2.75) is 12.8 Å². The SMILES string of the molecule is O=C(c1cc(F)cc(CCCNS(=O)O)c1)c1ccc2ncc(N3CCOCC3)nc2c1. The first-order valence-electron chi connectivity index (χ1n) is 10.3. The third kappa shape index (κ3) is 5.52. The molecule has 10 heteroatoms. The van der Waals surface area contributed by atoms with E-state index in [4.69, 9.17) is 9.29 Å². The Labute approximate surface area is 187 Å². The standard InChI is InChI=1S/C22H23FN4O4S/c23-18-11-15(2-1-5-25-32(29)30)10-17(12-18)22(28)16-3-4-19-20(13-16)26-21(14-24-19)27-6-8-31-9-7-27/h3-4,10-14,25H,1-2,5-9H2,(H,29,30). The van der Waals surface area contributed by atoms with Gasteiger partial charge in [0.25, 0.3) is 0 Å². The Morgan fingerprint density at radius 2 is 1.97 bits per heavy atom. The Morgan fingerprint density at radius 3 is 2.75 bits per heavy atom. The van der Waals surface area contributed by atoms with Gasteiger partial charge in [-0.1, -0.05) is 0 Å². The maximum atomic E-state index is 14.2. The highest BCUT2D eigenvalue weighted by atomic mass is 32.2. The van der Waals surface area contributed by atoms with E-state index in [1.165, 1.54) is 12.1 Å². The van der Waals surface area contributed by atoms with Gasteiger partial charge in [0.2, 0.25) is 11.3 Å². The molecule has 1 fully saturated rings. The van der Waals surface area contributed by atoms with Gasteiger partial charge in [0.05, 0.1) is 30.4 Å². The summed E-state index contributed by atoms with van der Waals surface area (Å²) >= 11 is -2.08. The number of aromatic nitrogens is 2. The third-order valence-corrected chi connectivity index (χ3v) is 5.67. The predicted octanol–water partition coefficient (Wildman–Crippen LogP) is 2.50. The number of anilines is 1. The number of hydrogen-bond acceptors (Lipinski definition) is 6. The van der Waals surface area contributed by atoms with E-state index in [2.05, 4.69) is 19.6 Å². The molecular weight excluding hydrogens is 435 g/mol. The number of halogens is 1. The first-order valence-corrected chi connectivity index (χ1v) is 11.4. The van der Waals surface area contributed by atoms with Gasteiger partial charge in [-0.2, -0.15) is 0 Å². The second kappa shape index (κ2) is 10.2. The number of carbonyl (C=O) groups excluding carboxylic acids is 1. The largest absolute Gasteiger partial charge is 0.378 e.